The Morgan fingerprint density at radius 2 is 1.90 bits per heavy atom. The Hall–Kier alpha value is -2.09. The number of rotatable bonds is 4. The molecule has 21 heavy (non-hydrogen) atoms. The van der Waals surface area contributed by atoms with Crippen LogP contribution in [0.2, 0.25) is 0 Å². The van der Waals surface area contributed by atoms with Crippen molar-refractivity contribution in [1.29, 1.82) is 0 Å². The quantitative estimate of drug-likeness (QED) is 0.798. The Kier molecular flexibility index (Phi) is 5.31. The van der Waals surface area contributed by atoms with E-state index in [9.17, 15) is 22.8 Å². The van der Waals surface area contributed by atoms with Crippen molar-refractivity contribution in [3.05, 3.63) is 23.8 Å². The molecule has 0 heterocycles. The van der Waals surface area contributed by atoms with Crippen LogP contribution in [-0.4, -0.2) is 17.9 Å². The fourth-order valence-corrected chi connectivity index (χ4v) is 1.58. The molecule has 0 aliphatic heterocycles. The van der Waals surface area contributed by atoms with Gasteiger partial charge in [0.25, 0.3) is 0 Å². The van der Waals surface area contributed by atoms with E-state index in [0.717, 1.165) is 12.1 Å². The minimum Gasteiger partial charge on any atom is -0.326 e. The predicted octanol–water partition coefficient (Wildman–Crippen LogP) is 2.34. The molecule has 0 spiro atoms. The van der Waals surface area contributed by atoms with Crippen LogP contribution < -0.4 is 16.4 Å². The third-order valence-corrected chi connectivity index (χ3v) is 2.68. The molecule has 0 saturated heterocycles. The molecule has 0 aliphatic rings. The molecule has 0 radical (unpaired) electrons. The molecule has 0 bridgehead atoms. The van der Waals surface area contributed by atoms with Crippen LogP contribution in [0, 0.1) is 0 Å². The van der Waals surface area contributed by atoms with E-state index in [1.54, 1.807) is 6.92 Å². The average Bonchev–Trinajstić information content (AvgIpc) is 2.37. The standard InChI is InChI=1S/C13H16F3N3O2/c1-3-10(17)12(21)19-11-5-4-8(18-7(2)20)6-9(11)13(14,15)16/h4-6,10H,3,17H2,1-2H3,(H,18,20)(H,19,21)/t10-/m1/s1. The molecule has 1 aromatic rings. The Morgan fingerprint density at radius 3 is 2.38 bits per heavy atom. The number of halogens is 3. The molecule has 1 rings (SSSR count). The lowest BCUT2D eigenvalue weighted by Gasteiger charge is -2.17. The molecule has 0 saturated carbocycles. The van der Waals surface area contributed by atoms with Crippen molar-refractivity contribution in [2.45, 2.75) is 32.5 Å². The van der Waals surface area contributed by atoms with Crippen molar-refractivity contribution < 1.29 is 22.8 Å². The number of nitrogens with two attached hydrogens (primary N) is 1. The van der Waals surface area contributed by atoms with Crippen molar-refractivity contribution in [3.63, 3.8) is 0 Å². The number of alkyl halides is 3. The Bertz CT molecular complexity index is 544. The maximum atomic E-state index is 13.0. The van der Waals surface area contributed by atoms with E-state index in [4.69, 9.17) is 5.73 Å². The first kappa shape index (κ1) is 17.0. The van der Waals surface area contributed by atoms with Crippen LogP contribution in [0.15, 0.2) is 18.2 Å². The largest absolute Gasteiger partial charge is 0.418 e. The molecule has 0 aliphatic carbocycles. The van der Waals surface area contributed by atoms with Gasteiger partial charge in [-0.2, -0.15) is 13.2 Å². The zero-order valence-electron chi connectivity index (χ0n) is 11.5. The van der Waals surface area contributed by atoms with Crippen LogP contribution in [0.5, 0.6) is 0 Å². The van der Waals surface area contributed by atoms with Gasteiger partial charge >= 0.3 is 6.18 Å². The summed E-state index contributed by atoms with van der Waals surface area (Å²) in [5.41, 5.74) is 4.01. The van der Waals surface area contributed by atoms with E-state index < -0.39 is 35.3 Å². The fraction of sp³-hybridized carbons (Fsp3) is 0.385. The van der Waals surface area contributed by atoms with Crippen LogP contribution in [0.25, 0.3) is 0 Å². The number of hydrogen-bond acceptors (Lipinski definition) is 3. The number of carbonyl (C=O) groups excluding carboxylic acids is 2. The van der Waals surface area contributed by atoms with E-state index >= 15 is 0 Å². The lowest BCUT2D eigenvalue weighted by atomic mass is 10.1. The summed E-state index contributed by atoms with van der Waals surface area (Å²) in [6.07, 6.45) is -4.37. The highest BCUT2D eigenvalue weighted by molar-refractivity contribution is 5.96. The monoisotopic (exact) mass is 303 g/mol. The lowest BCUT2D eigenvalue weighted by molar-refractivity contribution is -0.137. The summed E-state index contributed by atoms with van der Waals surface area (Å²) in [5.74, 6) is -1.19. The molecular weight excluding hydrogens is 287 g/mol. The summed E-state index contributed by atoms with van der Waals surface area (Å²) < 4.78 is 39.0. The highest BCUT2D eigenvalue weighted by Gasteiger charge is 2.34. The van der Waals surface area contributed by atoms with E-state index in [1.165, 1.54) is 13.0 Å². The molecule has 0 aromatic heterocycles. The fourth-order valence-electron chi connectivity index (χ4n) is 1.58. The van der Waals surface area contributed by atoms with Gasteiger partial charge in [0.2, 0.25) is 11.8 Å². The number of nitrogens with one attached hydrogen (secondary N) is 2. The minimum atomic E-state index is -4.67. The van der Waals surface area contributed by atoms with Gasteiger partial charge in [0.15, 0.2) is 0 Å². The Morgan fingerprint density at radius 1 is 1.29 bits per heavy atom. The first-order valence-corrected chi connectivity index (χ1v) is 6.20. The summed E-state index contributed by atoms with van der Waals surface area (Å²) in [6, 6.07) is 2.22. The van der Waals surface area contributed by atoms with E-state index in [2.05, 4.69) is 10.6 Å². The van der Waals surface area contributed by atoms with Crippen LogP contribution >= 0.6 is 0 Å². The zero-order valence-corrected chi connectivity index (χ0v) is 11.5. The normalized spacial score (nSPS) is 12.7. The molecule has 4 N–H and O–H groups in total. The second kappa shape index (κ2) is 6.57. The highest BCUT2D eigenvalue weighted by Crippen LogP contribution is 2.36. The number of amides is 2. The molecule has 8 heteroatoms. The van der Waals surface area contributed by atoms with E-state index in [-0.39, 0.29) is 5.69 Å². The summed E-state index contributed by atoms with van der Waals surface area (Å²) in [7, 11) is 0. The van der Waals surface area contributed by atoms with Crippen molar-refractivity contribution in [2.24, 2.45) is 5.73 Å². The Balaban J connectivity index is 3.14. The van der Waals surface area contributed by atoms with Gasteiger partial charge < -0.3 is 16.4 Å². The SMILES string of the molecule is CC[C@@H](N)C(=O)Nc1ccc(NC(C)=O)cc1C(F)(F)F. The van der Waals surface area contributed by atoms with E-state index in [0.29, 0.717) is 6.42 Å². The molecule has 0 fully saturated rings. The topological polar surface area (TPSA) is 84.2 Å². The number of carbonyl (C=O) groups is 2. The van der Waals surface area contributed by atoms with Crippen molar-refractivity contribution in [2.75, 3.05) is 10.6 Å². The van der Waals surface area contributed by atoms with Gasteiger partial charge in [-0.05, 0) is 24.6 Å². The third-order valence-electron chi connectivity index (χ3n) is 2.68. The van der Waals surface area contributed by atoms with Gasteiger partial charge in [0.1, 0.15) is 0 Å². The average molecular weight is 303 g/mol. The van der Waals surface area contributed by atoms with Gasteiger partial charge in [-0.3, -0.25) is 9.59 Å². The molecule has 116 valence electrons. The van der Waals surface area contributed by atoms with Gasteiger partial charge in [-0.25, -0.2) is 0 Å². The third kappa shape index (κ3) is 4.75. The van der Waals surface area contributed by atoms with Crippen molar-refractivity contribution in [1.82, 2.24) is 0 Å². The molecule has 5 nitrogen and oxygen atoms in total. The van der Waals surface area contributed by atoms with Gasteiger partial charge in [0, 0.05) is 12.6 Å². The number of anilines is 2. The summed E-state index contributed by atoms with van der Waals surface area (Å²) in [4.78, 5) is 22.5. The van der Waals surface area contributed by atoms with Crippen LogP contribution in [0.3, 0.4) is 0 Å². The summed E-state index contributed by atoms with van der Waals surface area (Å²) in [6.45, 7) is 2.83. The van der Waals surface area contributed by atoms with Gasteiger partial charge in [-0.1, -0.05) is 6.92 Å². The van der Waals surface area contributed by atoms with Crippen molar-refractivity contribution >= 4 is 23.2 Å². The lowest BCUT2D eigenvalue weighted by Crippen LogP contribution is -2.35. The molecule has 0 unspecified atom stereocenters. The minimum absolute atomic E-state index is 0.00684. The summed E-state index contributed by atoms with van der Waals surface area (Å²) >= 11 is 0. The number of benzene rings is 1. The first-order chi connectivity index (χ1) is 9.65. The van der Waals surface area contributed by atoms with Gasteiger partial charge in [-0.15, -0.1) is 0 Å². The molecule has 1 atom stereocenters. The Labute approximate surface area is 119 Å². The smallest absolute Gasteiger partial charge is 0.326 e. The first-order valence-electron chi connectivity index (χ1n) is 6.20. The van der Waals surface area contributed by atoms with E-state index in [1.807, 2.05) is 0 Å². The molecule has 2 amide bonds. The zero-order chi connectivity index (χ0) is 16.2. The predicted molar refractivity (Wildman–Crippen MR) is 72.6 cm³/mol. The molecular formula is C13H16F3N3O2. The highest BCUT2D eigenvalue weighted by atomic mass is 19.4. The van der Waals surface area contributed by atoms with Crippen molar-refractivity contribution in [3.8, 4) is 0 Å². The maximum Gasteiger partial charge on any atom is 0.418 e. The van der Waals surface area contributed by atoms with Gasteiger partial charge in [0.05, 0.1) is 17.3 Å². The van der Waals surface area contributed by atoms with Crippen LogP contribution in [0.1, 0.15) is 25.8 Å². The maximum absolute atomic E-state index is 13.0. The summed E-state index contributed by atoms with van der Waals surface area (Å²) in [5, 5.41) is 4.41. The second-order valence-electron chi connectivity index (χ2n) is 4.44. The van der Waals surface area contributed by atoms with Crippen LogP contribution in [0.4, 0.5) is 24.5 Å². The molecule has 1 aromatic carbocycles. The second-order valence-corrected chi connectivity index (χ2v) is 4.44. The van der Waals surface area contributed by atoms with Crippen LogP contribution in [-0.2, 0) is 15.8 Å². The number of hydrogen-bond donors (Lipinski definition) is 3.